The fourth-order valence-corrected chi connectivity index (χ4v) is 15.5. The van der Waals surface area contributed by atoms with Crippen LogP contribution in [-0.2, 0) is 70.5 Å². The number of nitrogens with zero attached hydrogens (tertiary/aromatic N) is 9. The van der Waals surface area contributed by atoms with E-state index in [9.17, 15) is 38.4 Å². The number of carbonyl (C=O) groups is 8. The molecule has 24 heteroatoms. The molecule has 0 saturated heterocycles. The van der Waals surface area contributed by atoms with E-state index in [1.807, 2.05) is 221 Å². The summed E-state index contributed by atoms with van der Waals surface area (Å²) in [5, 5.41) is 20.2. The number of rotatable bonds is 24. The number of fused-ring (bicyclic) bond motifs is 8. The quantitative estimate of drug-likeness (QED) is 0.0298. The Morgan fingerprint density at radius 1 is 0.314 bits per heavy atom. The molecular formula is C97H130N16O8. The van der Waals surface area contributed by atoms with Crippen molar-refractivity contribution in [3.05, 3.63) is 214 Å². The first kappa shape index (κ1) is 93.4. The van der Waals surface area contributed by atoms with Crippen LogP contribution in [0.3, 0.4) is 0 Å². The van der Waals surface area contributed by atoms with Crippen LogP contribution in [0.25, 0.3) is 0 Å². The first-order valence-electron chi connectivity index (χ1n) is 43.5. The minimum Gasteiger partial charge on any atom is -0.338 e. The van der Waals surface area contributed by atoms with Gasteiger partial charge in [0.15, 0.2) is 0 Å². The van der Waals surface area contributed by atoms with Crippen molar-refractivity contribution in [1.82, 2.24) is 40.4 Å². The Bertz CT molecular complexity index is 4850. The fourth-order valence-electron chi connectivity index (χ4n) is 15.5. The third-order valence-electron chi connectivity index (χ3n) is 22.2. The lowest BCUT2D eigenvalue weighted by atomic mass is 10.0. The molecule has 4 aliphatic heterocycles. The first-order chi connectivity index (χ1) is 58.2. The van der Waals surface area contributed by atoms with Crippen molar-refractivity contribution in [3.63, 3.8) is 0 Å². The van der Waals surface area contributed by atoms with E-state index in [2.05, 4.69) is 136 Å². The Kier molecular flexibility index (Phi) is 35.0. The predicted molar refractivity (Wildman–Crippen MR) is 495 cm³/mol. The van der Waals surface area contributed by atoms with Crippen LogP contribution in [0.2, 0.25) is 0 Å². The lowest BCUT2D eigenvalue weighted by Gasteiger charge is -2.28. The van der Waals surface area contributed by atoms with Gasteiger partial charge in [0.25, 0.3) is 0 Å². The summed E-state index contributed by atoms with van der Waals surface area (Å²) in [6.07, 6.45) is 6.89. The maximum absolute atomic E-state index is 13.5. The molecule has 4 aliphatic rings. The number of urea groups is 4. The van der Waals surface area contributed by atoms with E-state index in [4.69, 9.17) is 0 Å². The topological polar surface area (TPSA) is 250 Å². The second kappa shape index (κ2) is 45.3. The summed E-state index contributed by atoms with van der Waals surface area (Å²) in [5.41, 5.74) is 18.6. The van der Waals surface area contributed by atoms with E-state index in [1.54, 1.807) is 4.90 Å². The van der Waals surface area contributed by atoms with E-state index in [-0.39, 0.29) is 59.3 Å². The summed E-state index contributed by atoms with van der Waals surface area (Å²) in [5.74, 6) is 0.166. The number of para-hydroxylation sites is 4. The maximum atomic E-state index is 13.5. The van der Waals surface area contributed by atoms with Crippen molar-refractivity contribution in [2.75, 3.05) is 139 Å². The van der Waals surface area contributed by atoms with Crippen LogP contribution >= 0.6 is 0 Å². The van der Waals surface area contributed by atoms with Crippen LogP contribution in [0.4, 0.5) is 87.4 Å². The minimum atomic E-state index is -0.333. The summed E-state index contributed by atoms with van der Waals surface area (Å²) in [6, 6.07) is 55.0. The van der Waals surface area contributed by atoms with Gasteiger partial charge in [-0.15, -0.1) is 0 Å². The van der Waals surface area contributed by atoms with Crippen LogP contribution < -0.4 is 56.8 Å². The second-order valence-electron chi connectivity index (χ2n) is 31.8. The van der Waals surface area contributed by atoms with Gasteiger partial charge in [-0.3, -0.25) is 58.4 Å². The molecule has 8 aromatic carbocycles. The molecule has 0 unspecified atom stereocenters. The molecule has 24 nitrogen and oxygen atoms in total. The summed E-state index contributed by atoms with van der Waals surface area (Å²) < 4.78 is 0. The normalized spacial score (nSPS) is 12.9. The Balaban J connectivity index is 0.000000183. The molecule has 12 amide bonds. The standard InChI is InChI=1S/2C25H34N4O2.C24H32N4O2.C23H30N4O2/c1-6-28(7-2)17-23(30)29-21-11-9-8-10-18(21)12-13-19-14-15-20(16-22(19)29)26-24(31)27-25(3,4)5;1-5-27(6-2)18-24(30)29-22-12-10-9-11-19(22)13-14-20-15-16-21(17-23(20)29)26-25(31)28(7-3)8-4;1-5-27(6-2)16-23(29)28-21-10-8-7-9-18(21)11-12-19-13-14-20(15-22(19)28)26-24(30)25-17(3)4;1-4-24-23(29)25-19-14-13-18-12-11-17-9-7-8-10-20(17)27(21(18)15-19)22(28)16-26(5-2)6-3/h8-11,14-16H,6-7,12-13,17H2,1-5H3,(H2,26,27,31);9-12,15-17H,5-8,13-14,18H2,1-4H3,(H,26,31);7-10,13-15,17H,5-6,11-12,16H2,1-4H3,(H2,25,26,30);7-10,13-15H,4-6,11-12,16H2,1-3H3,(H2,24,25,29). The van der Waals surface area contributed by atoms with Crippen LogP contribution in [0, 0.1) is 0 Å². The zero-order valence-electron chi connectivity index (χ0n) is 74.3. The van der Waals surface area contributed by atoms with Gasteiger partial charge in [0.1, 0.15) is 0 Å². The van der Waals surface area contributed by atoms with Gasteiger partial charge in [0.05, 0.1) is 71.7 Å². The van der Waals surface area contributed by atoms with Crippen molar-refractivity contribution < 1.29 is 38.4 Å². The average Bonchev–Trinajstić information content (AvgIpc) is 1.72. The Morgan fingerprint density at radius 2 is 0.562 bits per heavy atom. The number of amides is 12. The van der Waals surface area contributed by atoms with Gasteiger partial charge in [-0.05, 0) is 276 Å². The van der Waals surface area contributed by atoms with Gasteiger partial charge in [0, 0.05) is 54.0 Å². The van der Waals surface area contributed by atoms with Gasteiger partial charge < -0.3 is 42.1 Å². The number of carbonyl (C=O) groups excluding carboxylic acids is 8. The zero-order valence-corrected chi connectivity index (χ0v) is 74.3. The fraction of sp³-hybridized carbons (Fsp3) is 0.423. The minimum absolute atomic E-state index is 0.0376. The first-order valence-corrected chi connectivity index (χ1v) is 43.5. The summed E-state index contributed by atoms with van der Waals surface area (Å²) in [6.45, 7) is 41.8. The number of hydrogen-bond donors (Lipinski definition) is 7. The molecule has 4 heterocycles. The number of aryl methyl sites for hydroxylation is 8. The highest BCUT2D eigenvalue weighted by atomic mass is 16.2. The molecule has 7 N–H and O–H groups in total. The molecule has 0 saturated carbocycles. The Labute approximate surface area is 718 Å². The van der Waals surface area contributed by atoms with E-state index in [0.29, 0.717) is 68.6 Å². The largest absolute Gasteiger partial charge is 0.338 e. The highest BCUT2D eigenvalue weighted by molar-refractivity contribution is 6.08. The zero-order chi connectivity index (χ0) is 87.5. The monoisotopic (exact) mass is 1650 g/mol. The number of likely N-dealkylation sites (N-methyl/N-ethyl adjacent to an activating group) is 4. The molecule has 0 aromatic heterocycles. The summed E-state index contributed by atoms with van der Waals surface area (Å²) in [4.78, 5) is 121. The van der Waals surface area contributed by atoms with Gasteiger partial charge in [-0.2, -0.15) is 0 Å². The van der Waals surface area contributed by atoms with Crippen molar-refractivity contribution in [2.24, 2.45) is 0 Å². The molecule has 0 atom stereocenters. The van der Waals surface area contributed by atoms with Crippen LogP contribution in [0.15, 0.2) is 170 Å². The molecular weight excluding hydrogens is 1520 g/mol. The molecule has 12 rings (SSSR count). The van der Waals surface area contributed by atoms with E-state index in [0.717, 1.165) is 188 Å². The lowest BCUT2D eigenvalue weighted by Crippen LogP contribution is -2.43. The molecule has 0 aliphatic carbocycles. The smallest absolute Gasteiger partial charge is 0.321 e. The molecule has 646 valence electrons. The van der Waals surface area contributed by atoms with Crippen LogP contribution in [-0.4, -0.2) is 182 Å². The SMILES string of the molecule is CCN(CC)CC(=O)N1c2ccccc2CCc2ccc(NC(=O)N(CC)CC)cc21.CCN(CC)CC(=O)N1c2ccccc2CCc2ccc(NC(=O)NC(C)(C)C)cc21.CCN(CC)CC(=O)N1c2ccccc2CCc2ccc(NC(=O)NC(C)C)cc21.CCNC(=O)Nc1ccc2c(c1)N(C(=O)CN(CC)CC)c1ccccc1CC2. The van der Waals surface area contributed by atoms with Crippen LogP contribution in [0.5, 0.6) is 0 Å². The summed E-state index contributed by atoms with van der Waals surface area (Å²) in [7, 11) is 0. The highest BCUT2D eigenvalue weighted by Crippen LogP contribution is 2.43. The second-order valence-corrected chi connectivity index (χ2v) is 31.8. The van der Waals surface area contributed by atoms with Crippen molar-refractivity contribution >= 4 is 116 Å². The Hall–Kier alpha value is -11.4. The van der Waals surface area contributed by atoms with Crippen LogP contribution in [0.1, 0.15) is 155 Å². The number of benzene rings is 8. The molecule has 0 spiro atoms. The van der Waals surface area contributed by atoms with Crippen molar-refractivity contribution in [2.45, 2.75) is 174 Å². The van der Waals surface area contributed by atoms with Crippen molar-refractivity contribution in [3.8, 4) is 0 Å². The molecule has 0 fully saturated rings. The number of hydrogen-bond acceptors (Lipinski definition) is 12. The average molecular weight is 1650 g/mol. The van der Waals surface area contributed by atoms with Gasteiger partial charge >= 0.3 is 24.1 Å². The van der Waals surface area contributed by atoms with E-state index >= 15 is 0 Å². The molecule has 8 aromatic rings. The number of nitrogens with one attached hydrogen (secondary N) is 7. The maximum Gasteiger partial charge on any atom is 0.321 e. The highest BCUT2D eigenvalue weighted by Gasteiger charge is 2.33. The van der Waals surface area contributed by atoms with Gasteiger partial charge in [0.2, 0.25) is 23.6 Å². The van der Waals surface area contributed by atoms with Crippen molar-refractivity contribution in [1.29, 1.82) is 0 Å². The molecule has 0 bridgehead atoms. The third kappa shape index (κ3) is 25.3. The number of anilines is 12. The van der Waals surface area contributed by atoms with Gasteiger partial charge in [-0.1, -0.05) is 152 Å². The molecule has 0 radical (unpaired) electrons. The summed E-state index contributed by atoms with van der Waals surface area (Å²) >= 11 is 0. The predicted octanol–water partition coefficient (Wildman–Crippen LogP) is 17.6. The lowest BCUT2D eigenvalue weighted by molar-refractivity contribution is -0.119. The third-order valence-corrected chi connectivity index (χ3v) is 22.2. The van der Waals surface area contributed by atoms with Gasteiger partial charge in [-0.25, -0.2) is 19.2 Å². The van der Waals surface area contributed by atoms with E-state index in [1.165, 1.54) is 5.56 Å². The Morgan fingerprint density at radius 3 is 0.810 bits per heavy atom. The molecule has 121 heavy (non-hydrogen) atoms. The van der Waals surface area contributed by atoms with E-state index < -0.39 is 0 Å².